The molecular formula is C24H20N4O6. The lowest BCUT2D eigenvalue weighted by molar-refractivity contribution is -0.135. The molecule has 3 rings (SSSR count). The first-order valence-electron chi connectivity index (χ1n) is 9.90. The van der Waals surface area contributed by atoms with Crippen molar-refractivity contribution in [2.24, 2.45) is 5.73 Å². The molecule has 2 amide bonds. The van der Waals surface area contributed by atoms with Crippen molar-refractivity contribution >= 4 is 35.3 Å². The first-order valence-corrected chi connectivity index (χ1v) is 9.90. The third kappa shape index (κ3) is 5.43. The highest BCUT2D eigenvalue weighted by Gasteiger charge is 2.20. The Balaban J connectivity index is 2.05. The minimum absolute atomic E-state index is 0.00678. The van der Waals surface area contributed by atoms with Crippen molar-refractivity contribution in [2.45, 2.75) is 0 Å². The van der Waals surface area contributed by atoms with Crippen molar-refractivity contribution in [3.8, 4) is 11.1 Å². The quantitative estimate of drug-likeness (QED) is 0.220. The minimum atomic E-state index is -1.23. The fourth-order valence-electron chi connectivity index (χ4n) is 3.20. The summed E-state index contributed by atoms with van der Waals surface area (Å²) in [4.78, 5) is 48.1. The number of amides is 2. The molecule has 0 spiro atoms. The van der Waals surface area contributed by atoms with Gasteiger partial charge in [-0.2, -0.15) is 0 Å². The van der Waals surface area contributed by atoms with E-state index in [1.807, 2.05) is 0 Å². The fourth-order valence-corrected chi connectivity index (χ4v) is 3.20. The molecular weight excluding hydrogens is 440 g/mol. The molecule has 0 saturated carbocycles. The maximum Gasteiger partial charge on any atom is 0.336 e. The average molecular weight is 460 g/mol. The number of anilines is 1. The highest BCUT2D eigenvalue weighted by atomic mass is 16.4. The zero-order chi connectivity index (χ0) is 24.8. The number of amidine groups is 1. The normalized spacial score (nSPS) is 10.2. The van der Waals surface area contributed by atoms with E-state index in [-0.39, 0.29) is 33.7 Å². The van der Waals surface area contributed by atoms with Crippen LogP contribution in [0.2, 0.25) is 0 Å². The topological polar surface area (TPSA) is 183 Å². The molecule has 0 aliphatic carbocycles. The number of carboxylic acid groups (broad SMARTS) is 2. The number of rotatable bonds is 8. The van der Waals surface area contributed by atoms with E-state index < -0.39 is 30.3 Å². The van der Waals surface area contributed by atoms with Crippen LogP contribution in [0.3, 0.4) is 0 Å². The molecule has 0 bridgehead atoms. The number of aliphatic carboxylic acids is 1. The van der Waals surface area contributed by atoms with Gasteiger partial charge < -0.3 is 26.6 Å². The highest BCUT2D eigenvalue weighted by Crippen LogP contribution is 2.29. The summed E-state index contributed by atoms with van der Waals surface area (Å²) >= 11 is 0. The zero-order valence-electron chi connectivity index (χ0n) is 17.7. The number of carboxylic acids is 2. The Kier molecular flexibility index (Phi) is 7.02. The second-order valence-electron chi connectivity index (χ2n) is 7.13. The van der Waals surface area contributed by atoms with Crippen LogP contribution in [0.15, 0.2) is 66.7 Å². The van der Waals surface area contributed by atoms with Crippen LogP contribution in [0.1, 0.15) is 36.6 Å². The summed E-state index contributed by atoms with van der Waals surface area (Å²) in [5, 5.41) is 30.7. The van der Waals surface area contributed by atoms with Crippen LogP contribution in [-0.4, -0.2) is 46.3 Å². The van der Waals surface area contributed by atoms with Crippen molar-refractivity contribution in [2.75, 3.05) is 11.9 Å². The van der Waals surface area contributed by atoms with E-state index in [1.165, 1.54) is 24.3 Å². The Morgan fingerprint density at radius 1 is 0.794 bits per heavy atom. The summed E-state index contributed by atoms with van der Waals surface area (Å²) in [7, 11) is 0. The molecule has 0 heterocycles. The van der Waals surface area contributed by atoms with Gasteiger partial charge in [0.2, 0.25) is 0 Å². The molecule has 10 heteroatoms. The second kappa shape index (κ2) is 10.1. The third-order valence-electron chi connectivity index (χ3n) is 4.83. The Labute approximate surface area is 193 Å². The van der Waals surface area contributed by atoms with Crippen LogP contribution in [-0.2, 0) is 4.79 Å². The van der Waals surface area contributed by atoms with Crippen LogP contribution in [0.4, 0.5) is 5.69 Å². The molecule has 0 saturated heterocycles. The van der Waals surface area contributed by atoms with E-state index in [2.05, 4.69) is 10.6 Å². The van der Waals surface area contributed by atoms with Crippen LogP contribution in [0.25, 0.3) is 11.1 Å². The largest absolute Gasteiger partial charge is 0.480 e. The lowest BCUT2D eigenvalue weighted by Gasteiger charge is -2.14. The number of hydrogen-bond donors (Lipinski definition) is 6. The number of nitrogens with two attached hydrogens (primary N) is 1. The lowest BCUT2D eigenvalue weighted by atomic mass is 9.93. The van der Waals surface area contributed by atoms with Crippen molar-refractivity contribution in [3.63, 3.8) is 0 Å². The summed E-state index contributed by atoms with van der Waals surface area (Å²) in [6, 6.07) is 16.4. The number of aromatic carboxylic acids is 1. The number of nitrogen functional groups attached to an aromatic ring is 1. The monoisotopic (exact) mass is 460 g/mol. The van der Waals surface area contributed by atoms with Gasteiger partial charge in [0.25, 0.3) is 11.8 Å². The maximum absolute atomic E-state index is 13.2. The first kappa shape index (κ1) is 23.7. The summed E-state index contributed by atoms with van der Waals surface area (Å²) in [5.74, 6) is -3.89. The van der Waals surface area contributed by atoms with Crippen LogP contribution in [0, 0.1) is 5.41 Å². The van der Waals surface area contributed by atoms with E-state index in [0.29, 0.717) is 11.3 Å². The third-order valence-corrected chi connectivity index (χ3v) is 4.83. The lowest BCUT2D eigenvalue weighted by Crippen LogP contribution is -2.29. The molecule has 0 unspecified atom stereocenters. The van der Waals surface area contributed by atoms with Crippen molar-refractivity contribution < 1.29 is 29.4 Å². The molecule has 0 aliphatic rings. The Hall–Kier alpha value is -4.99. The molecule has 10 nitrogen and oxygen atoms in total. The van der Waals surface area contributed by atoms with Gasteiger partial charge in [-0.25, -0.2) is 4.79 Å². The van der Waals surface area contributed by atoms with Gasteiger partial charge in [0.1, 0.15) is 12.4 Å². The molecule has 0 atom stereocenters. The predicted octanol–water partition coefficient (Wildman–Crippen LogP) is 2.40. The van der Waals surface area contributed by atoms with E-state index in [1.54, 1.807) is 42.5 Å². The highest BCUT2D eigenvalue weighted by molar-refractivity contribution is 6.12. The molecule has 172 valence electrons. The Morgan fingerprint density at radius 2 is 1.41 bits per heavy atom. The van der Waals surface area contributed by atoms with Crippen molar-refractivity contribution in [1.29, 1.82) is 5.41 Å². The number of nitrogens with one attached hydrogen (secondary N) is 3. The standard InChI is InChI=1S/C24H20N4O6/c25-21(26)13-5-8-15(9-6-13)28-23(32)19-11-14(22(31)27-12-20(29)30)7-10-17(19)16-3-1-2-4-18(16)24(33)34/h1-11H,12H2,(H3,25,26)(H,27,31)(H,28,32)(H,29,30)(H,33,34). The molecule has 0 radical (unpaired) electrons. The zero-order valence-corrected chi connectivity index (χ0v) is 17.7. The molecule has 0 aromatic heterocycles. The van der Waals surface area contributed by atoms with Crippen LogP contribution >= 0.6 is 0 Å². The van der Waals surface area contributed by atoms with Gasteiger partial charge in [0.05, 0.1) is 5.56 Å². The van der Waals surface area contributed by atoms with Crippen LogP contribution < -0.4 is 16.4 Å². The molecule has 0 aliphatic heterocycles. The van der Waals surface area contributed by atoms with Gasteiger partial charge in [-0.1, -0.05) is 24.3 Å². The van der Waals surface area contributed by atoms with E-state index in [0.717, 1.165) is 0 Å². The first-order chi connectivity index (χ1) is 16.2. The smallest absolute Gasteiger partial charge is 0.336 e. The molecule has 3 aromatic carbocycles. The fraction of sp³-hybridized carbons (Fsp3) is 0.0417. The summed E-state index contributed by atoms with van der Waals surface area (Å²) < 4.78 is 0. The molecule has 3 aromatic rings. The molecule has 34 heavy (non-hydrogen) atoms. The van der Waals surface area contributed by atoms with Crippen molar-refractivity contribution in [3.05, 3.63) is 89.0 Å². The Bertz CT molecular complexity index is 1300. The summed E-state index contributed by atoms with van der Waals surface area (Å²) in [6.07, 6.45) is 0. The SMILES string of the molecule is N=C(N)c1ccc(NC(=O)c2cc(C(=O)NCC(=O)O)ccc2-c2ccccc2C(=O)O)cc1. The average Bonchev–Trinajstić information content (AvgIpc) is 2.82. The number of carbonyl (C=O) groups excluding carboxylic acids is 2. The predicted molar refractivity (Wildman–Crippen MR) is 124 cm³/mol. The van der Waals surface area contributed by atoms with Gasteiger partial charge in [0, 0.05) is 22.4 Å². The van der Waals surface area contributed by atoms with E-state index >= 15 is 0 Å². The number of benzene rings is 3. The second-order valence-corrected chi connectivity index (χ2v) is 7.13. The van der Waals surface area contributed by atoms with Gasteiger partial charge in [-0.05, 0) is 53.6 Å². The summed E-state index contributed by atoms with van der Waals surface area (Å²) in [6.45, 7) is -0.605. The Morgan fingerprint density at radius 3 is 2.03 bits per heavy atom. The molecule has 7 N–H and O–H groups in total. The number of carbonyl (C=O) groups is 4. The van der Waals surface area contributed by atoms with Gasteiger partial charge in [-0.15, -0.1) is 0 Å². The van der Waals surface area contributed by atoms with Gasteiger partial charge in [0.15, 0.2) is 0 Å². The van der Waals surface area contributed by atoms with Gasteiger partial charge >= 0.3 is 11.9 Å². The minimum Gasteiger partial charge on any atom is -0.480 e. The van der Waals surface area contributed by atoms with Gasteiger partial charge in [-0.3, -0.25) is 19.8 Å². The van der Waals surface area contributed by atoms with E-state index in [4.69, 9.17) is 16.2 Å². The molecule has 0 fully saturated rings. The number of hydrogen-bond acceptors (Lipinski definition) is 5. The van der Waals surface area contributed by atoms with E-state index in [9.17, 15) is 24.3 Å². The maximum atomic E-state index is 13.2. The van der Waals surface area contributed by atoms with Crippen molar-refractivity contribution in [1.82, 2.24) is 5.32 Å². The summed E-state index contributed by atoms with van der Waals surface area (Å²) in [5.41, 5.74) is 6.82. The van der Waals surface area contributed by atoms with Crippen LogP contribution in [0.5, 0.6) is 0 Å².